The second-order valence-electron chi connectivity index (χ2n) is 6.36. The van der Waals surface area contributed by atoms with Crippen LogP contribution in [0.4, 0.5) is 4.39 Å². The lowest BCUT2D eigenvalue weighted by Crippen LogP contribution is -2.30. The van der Waals surface area contributed by atoms with Crippen molar-refractivity contribution in [2.45, 2.75) is 18.9 Å². The van der Waals surface area contributed by atoms with Gasteiger partial charge in [-0.2, -0.15) is 4.98 Å². The van der Waals surface area contributed by atoms with Crippen LogP contribution in [-0.4, -0.2) is 34.6 Å². The molecule has 0 radical (unpaired) electrons. The van der Waals surface area contributed by atoms with Crippen molar-refractivity contribution in [3.63, 3.8) is 0 Å². The number of carbonyl (C=O) groups excluding carboxylic acids is 1. The fourth-order valence-electron chi connectivity index (χ4n) is 3.30. The lowest BCUT2D eigenvalue weighted by molar-refractivity contribution is 0.0709. The molecule has 2 heterocycles. The molecule has 0 aliphatic carbocycles. The maximum Gasteiger partial charge on any atom is 0.254 e. The highest BCUT2D eigenvalue weighted by Gasteiger charge is 2.34. The first kappa shape index (κ1) is 17.2. The van der Waals surface area contributed by atoms with Crippen LogP contribution in [-0.2, 0) is 0 Å². The van der Waals surface area contributed by atoms with Gasteiger partial charge in [0.25, 0.3) is 5.91 Å². The third kappa shape index (κ3) is 3.40. The lowest BCUT2D eigenvalue weighted by atomic mass is 10.1. The van der Waals surface area contributed by atoms with E-state index in [1.54, 1.807) is 18.1 Å². The minimum absolute atomic E-state index is 0.238. The molecule has 3 aromatic rings. The SMILES string of the molecule is COc1cccc(-c2noc(C3CCCN3C(=O)c3cccc(F)c3)n2)c1. The van der Waals surface area contributed by atoms with Gasteiger partial charge in [-0.15, -0.1) is 0 Å². The van der Waals surface area contributed by atoms with E-state index in [0.29, 0.717) is 29.6 Å². The lowest BCUT2D eigenvalue weighted by Gasteiger charge is -2.21. The summed E-state index contributed by atoms with van der Waals surface area (Å²) in [7, 11) is 1.59. The van der Waals surface area contributed by atoms with E-state index >= 15 is 0 Å². The van der Waals surface area contributed by atoms with E-state index in [-0.39, 0.29) is 11.9 Å². The summed E-state index contributed by atoms with van der Waals surface area (Å²) in [6, 6.07) is 12.7. The summed E-state index contributed by atoms with van der Waals surface area (Å²) in [6.45, 7) is 0.566. The van der Waals surface area contributed by atoms with E-state index in [9.17, 15) is 9.18 Å². The van der Waals surface area contributed by atoms with Crippen LogP contribution in [0.2, 0.25) is 0 Å². The monoisotopic (exact) mass is 367 g/mol. The maximum atomic E-state index is 13.5. The molecule has 0 saturated carbocycles. The summed E-state index contributed by atoms with van der Waals surface area (Å²) in [4.78, 5) is 18.9. The zero-order chi connectivity index (χ0) is 18.8. The average molecular weight is 367 g/mol. The fourth-order valence-corrected chi connectivity index (χ4v) is 3.30. The number of benzene rings is 2. The standard InChI is InChI=1S/C20H18FN3O3/c1-26-16-8-3-5-13(12-16)18-22-19(27-23-18)17-9-4-10-24(17)20(25)14-6-2-7-15(21)11-14/h2-3,5-8,11-12,17H,4,9-10H2,1H3. The third-order valence-corrected chi connectivity index (χ3v) is 4.64. The molecule has 2 aromatic carbocycles. The molecular weight excluding hydrogens is 349 g/mol. The van der Waals surface area contributed by atoms with E-state index in [1.807, 2.05) is 24.3 Å². The highest BCUT2D eigenvalue weighted by molar-refractivity contribution is 5.94. The molecule has 0 bridgehead atoms. The number of nitrogens with zero attached hydrogens (tertiary/aromatic N) is 3. The van der Waals surface area contributed by atoms with Crippen molar-refractivity contribution in [1.29, 1.82) is 0 Å². The summed E-state index contributed by atoms with van der Waals surface area (Å²) in [6.07, 6.45) is 1.55. The van der Waals surface area contributed by atoms with Crippen LogP contribution in [0.3, 0.4) is 0 Å². The minimum atomic E-state index is -0.435. The Morgan fingerprint density at radius 1 is 1.26 bits per heavy atom. The van der Waals surface area contributed by atoms with Crippen molar-refractivity contribution in [1.82, 2.24) is 15.0 Å². The molecule has 7 heteroatoms. The number of carbonyl (C=O) groups is 1. The van der Waals surface area contributed by atoms with Gasteiger partial charge >= 0.3 is 0 Å². The van der Waals surface area contributed by atoms with Crippen LogP contribution < -0.4 is 4.74 Å². The van der Waals surface area contributed by atoms with E-state index < -0.39 is 5.82 Å². The molecule has 1 saturated heterocycles. The maximum absolute atomic E-state index is 13.5. The van der Waals surface area contributed by atoms with Gasteiger partial charge < -0.3 is 14.2 Å². The van der Waals surface area contributed by atoms with Crippen LogP contribution in [0.25, 0.3) is 11.4 Å². The van der Waals surface area contributed by atoms with Gasteiger partial charge in [-0.1, -0.05) is 23.4 Å². The van der Waals surface area contributed by atoms with Crippen LogP contribution >= 0.6 is 0 Å². The van der Waals surface area contributed by atoms with Crippen LogP contribution in [0.15, 0.2) is 53.1 Å². The molecule has 0 spiro atoms. The van der Waals surface area contributed by atoms with Crippen molar-refractivity contribution in [3.05, 3.63) is 65.8 Å². The van der Waals surface area contributed by atoms with Crippen LogP contribution in [0, 0.1) is 5.82 Å². The van der Waals surface area contributed by atoms with Gasteiger partial charge in [-0.3, -0.25) is 4.79 Å². The van der Waals surface area contributed by atoms with Gasteiger partial charge in [0, 0.05) is 17.7 Å². The molecule has 6 nitrogen and oxygen atoms in total. The summed E-state index contributed by atoms with van der Waals surface area (Å²) >= 11 is 0. The van der Waals surface area contributed by atoms with Gasteiger partial charge in [0.2, 0.25) is 11.7 Å². The number of rotatable bonds is 4. The van der Waals surface area contributed by atoms with Gasteiger partial charge in [0.15, 0.2) is 0 Å². The Morgan fingerprint density at radius 2 is 2.11 bits per heavy atom. The molecule has 1 amide bonds. The molecule has 1 unspecified atom stereocenters. The first-order valence-electron chi connectivity index (χ1n) is 8.70. The summed E-state index contributed by atoms with van der Waals surface area (Å²) in [5.74, 6) is 0.847. The van der Waals surface area contributed by atoms with E-state index in [4.69, 9.17) is 9.26 Å². The first-order valence-corrected chi connectivity index (χ1v) is 8.70. The number of likely N-dealkylation sites (tertiary alicyclic amines) is 1. The number of halogens is 1. The Kier molecular flexibility index (Phi) is 4.58. The number of hydrogen-bond donors (Lipinski definition) is 0. The number of aromatic nitrogens is 2. The van der Waals surface area contributed by atoms with Crippen LogP contribution in [0.1, 0.15) is 35.1 Å². The number of methoxy groups -OCH3 is 1. The predicted octanol–water partition coefficient (Wildman–Crippen LogP) is 3.86. The second kappa shape index (κ2) is 7.19. The number of ether oxygens (including phenoxy) is 1. The molecule has 1 aliphatic rings. The number of amides is 1. The van der Waals surface area contributed by atoms with Gasteiger partial charge in [-0.05, 0) is 43.2 Å². The molecule has 27 heavy (non-hydrogen) atoms. The largest absolute Gasteiger partial charge is 0.497 e. The van der Waals surface area contributed by atoms with Crippen molar-refractivity contribution in [2.24, 2.45) is 0 Å². The Morgan fingerprint density at radius 3 is 2.93 bits per heavy atom. The predicted molar refractivity (Wildman–Crippen MR) is 95.7 cm³/mol. The quantitative estimate of drug-likeness (QED) is 0.700. The molecule has 4 rings (SSSR count). The van der Waals surface area contributed by atoms with E-state index in [1.165, 1.54) is 18.2 Å². The normalized spacial score (nSPS) is 16.5. The van der Waals surface area contributed by atoms with E-state index in [2.05, 4.69) is 10.1 Å². The average Bonchev–Trinajstić information content (AvgIpc) is 3.36. The first-order chi connectivity index (χ1) is 13.2. The van der Waals surface area contributed by atoms with Crippen molar-refractivity contribution >= 4 is 5.91 Å². The minimum Gasteiger partial charge on any atom is -0.497 e. The van der Waals surface area contributed by atoms with Crippen LogP contribution in [0.5, 0.6) is 5.75 Å². The Bertz CT molecular complexity index is 972. The fraction of sp³-hybridized carbons (Fsp3) is 0.250. The van der Waals surface area contributed by atoms with Gasteiger partial charge in [-0.25, -0.2) is 4.39 Å². The molecule has 1 fully saturated rings. The topological polar surface area (TPSA) is 68.5 Å². The van der Waals surface area contributed by atoms with E-state index in [0.717, 1.165) is 18.4 Å². The number of hydrogen-bond acceptors (Lipinski definition) is 5. The highest BCUT2D eigenvalue weighted by atomic mass is 19.1. The van der Waals surface area contributed by atoms with Crippen molar-refractivity contribution < 1.29 is 18.4 Å². The Labute approximate surface area is 155 Å². The second-order valence-corrected chi connectivity index (χ2v) is 6.36. The summed E-state index contributed by atoms with van der Waals surface area (Å²) in [5.41, 5.74) is 1.08. The zero-order valence-electron chi connectivity index (χ0n) is 14.8. The van der Waals surface area contributed by atoms with Crippen molar-refractivity contribution in [3.8, 4) is 17.1 Å². The highest BCUT2D eigenvalue weighted by Crippen LogP contribution is 2.33. The molecule has 0 N–H and O–H groups in total. The molecule has 138 valence electrons. The summed E-state index contributed by atoms with van der Waals surface area (Å²) in [5, 5.41) is 4.05. The Hall–Kier alpha value is -3.22. The summed E-state index contributed by atoms with van der Waals surface area (Å²) < 4.78 is 24.1. The Balaban J connectivity index is 1.59. The molecular formula is C20H18FN3O3. The van der Waals surface area contributed by atoms with Gasteiger partial charge in [0.05, 0.1) is 7.11 Å². The van der Waals surface area contributed by atoms with Gasteiger partial charge in [0.1, 0.15) is 17.6 Å². The van der Waals surface area contributed by atoms with Crippen molar-refractivity contribution in [2.75, 3.05) is 13.7 Å². The zero-order valence-corrected chi connectivity index (χ0v) is 14.8. The smallest absolute Gasteiger partial charge is 0.254 e. The third-order valence-electron chi connectivity index (χ3n) is 4.64. The molecule has 1 atom stereocenters. The molecule has 1 aromatic heterocycles. The molecule has 1 aliphatic heterocycles.